The van der Waals surface area contributed by atoms with Crippen LogP contribution in [-0.2, 0) is 7.05 Å². The molecule has 0 saturated heterocycles. The van der Waals surface area contributed by atoms with Crippen molar-refractivity contribution in [1.82, 2.24) is 9.55 Å². The minimum absolute atomic E-state index is 0.425. The fourth-order valence-electron chi connectivity index (χ4n) is 1.39. The predicted octanol–water partition coefficient (Wildman–Crippen LogP) is 2.32. The van der Waals surface area contributed by atoms with Crippen LogP contribution < -0.4 is 5.73 Å². The first-order chi connectivity index (χ1) is 6.70. The number of anilines is 1. The quantitative estimate of drug-likeness (QED) is 0.780. The average Bonchev–Trinajstić information content (AvgIpc) is 2.43. The van der Waals surface area contributed by atoms with Crippen molar-refractivity contribution in [3.63, 3.8) is 0 Å². The Morgan fingerprint density at radius 1 is 1.29 bits per heavy atom. The Bertz CT molecular complexity index is 448. The average molecular weight is 208 g/mol. The van der Waals surface area contributed by atoms with Gasteiger partial charge in [-0.05, 0) is 0 Å². The molecule has 14 heavy (non-hydrogen) atoms. The van der Waals surface area contributed by atoms with Gasteiger partial charge >= 0.3 is 0 Å². The van der Waals surface area contributed by atoms with E-state index in [0.29, 0.717) is 11.1 Å². The lowest BCUT2D eigenvalue weighted by Gasteiger charge is -2.03. The Morgan fingerprint density at radius 2 is 1.93 bits per heavy atom. The molecule has 1 aromatic heterocycles. The highest BCUT2D eigenvalue weighted by molar-refractivity contribution is 6.32. The molecular formula is C10H10ClN3. The van der Waals surface area contributed by atoms with Crippen LogP contribution in [0.1, 0.15) is 0 Å². The van der Waals surface area contributed by atoms with Gasteiger partial charge < -0.3 is 10.3 Å². The first-order valence-electron chi connectivity index (χ1n) is 4.23. The van der Waals surface area contributed by atoms with E-state index in [2.05, 4.69) is 4.98 Å². The summed E-state index contributed by atoms with van der Waals surface area (Å²) in [6.45, 7) is 0. The van der Waals surface area contributed by atoms with E-state index in [4.69, 9.17) is 17.3 Å². The zero-order valence-electron chi connectivity index (χ0n) is 7.74. The summed E-state index contributed by atoms with van der Waals surface area (Å²) in [4.78, 5) is 3.99. The van der Waals surface area contributed by atoms with Gasteiger partial charge in [-0.2, -0.15) is 0 Å². The number of nitrogens with zero attached hydrogens (tertiary/aromatic N) is 2. The summed E-state index contributed by atoms with van der Waals surface area (Å²) in [5.74, 6) is 0.425. The number of nitrogens with two attached hydrogens (primary N) is 1. The van der Waals surface area contributed by atoms with Crippen LogP contribution in [0.15, 0.2) is 30.3 Å². The van der Waals surface area contributed by atoms with Crippen LogP contribution in [0, 0.1) is 0 Å². The van der Waals surface area contributed by atoms with Gasteiger partial charge in [-0.1, -0.05) is 41.9 Å². The van der Waals surface area contributed by atoms with Gasteiger partial charge in [-0.15, -0.1) is 0 Å². The van der Waals surface area contributed by atoms with Crippen molar-refractivity contribution in [3.8, 4) is 11.3 Å². The molecule has 0 radical (unpaired) electrons. The van der Waals surface area contributed by atoms with Crippen LogP contribution in [0.5, 0.6) is 0 Å². The molecule has 0 atom stereocenters. The van der Waals surface area contributed by atoms with Crippen molar-refractivity contribution >= 4 is 17.5 Å². The standard InChI is InChI=1S/C10H10ClN3/c1-14-8(9(11)13-10(14)12)7-5-3-2-4-6-7/h2-6H,1H3,(H2,12,13). The number of hydrogen-bond donors (Lipinski definition) is 1. The predicted molar refractivity (Wildman–Crippen MR) is 58.1 cm³/mol. The van der Waals surface area contributed by atoms with Gasteiger partial charge in [0.05, 0.1) is 5.69 Å². The summed E-state index contributed by atoms with van der Waals surface area (Å²) in [6, 6.07) is 9.81. The van der Waals surface area contributed by atoms with Crippen LogP contribution in [-0.4, -0.2) is 9.55 Å². The summed E-state index contributed by atoms with van der Waals surface area (Å²) in [6.07, 6.45) is 0. The number of aromatic nitrogens is 2. The maximum atomic E-state index is 5.97. The number of imidazole rings is 1. The number of rotatable bonds is 1. The third-order valence-electron chi connectivity index (χ3n) is 2.13. The normalized spacial score (nSPS) is 10.4. The Balaban J connectivity index is 2.62. The summed E-state index contributed by atoms with van der Waals surface area (Å²) in [7, 11) is 1.84. The first kappa shape index (κ1) is 9.09. The third kappa shape index (κ3) is 1.36. The lowest BCUT2D eigenvalue weighted by molar-refractivity contribution is 0.938. The molecule has 3 nitrogen and oxygen atoms in total. The van der Waals surface area contributed by atoms with E-state index in [-0.39, 0.29) is 0 Å². The third-order valence-corrected chi connectivity index (χ3v) is 2.40. The second-order valence-corrected chi connectivity index (χ2v) is 3.39. The molecule has 2 aromatic rings. The van der Waals surface area contributed by atoms with Gasteiger partial charge in [-0.25, -0.2) is 4.98 Å². The van der Waals surface area contributed by atoms with E-state index in [0.717, 1.165) is 11.3 Å². The number of benzene rings is 1. The van der Waals surface area contributed by atoms with Gasteiger partial charge in [0.25, 0.3) is 0 Å². The van der Waals surface area contributed by atoms with Crippen molar-refractivity contribution in [2.45, 2.75) is 0 Å². The number of hydrogen-bond acceptors (Lipinski definition) is 2. The summed E-state index contributed by atoms with van der Waals surface area (Å²) < 4.78 is 1.78. The molecule has 1 aromatic carbocycles. The van der Waals surface area contributed by atoms with Crippen LogP contribution in [0.2, 0.25) is 5.15 Å². The fraction of sp³-hybridized carbons (Fsp3) is 0.100. The lowest BCUT2D eigenvalue weighted by atomic mass is 10.2. The van der Waals surface area contributed by atoms with Gasteiger partial charge in [0.1, 0.15) is 0 Å². The second kappa shape index (κ2) is 3.35. The van der Waals surface area contributed by atoms with Crippen molar-refractivity contribution < 1.29 is 0 Å². The van der Waals surface area contributed by atoms with E-state index in [9.17, 15) is 0 Å². The van der Waals surface area contributed by atoms with Crippen molar-refractivity contribution in [3.05, 3.63) is 35.5 Å². The zero-order chi connectivity index (χ0) is 10.1. The van der Waals surface area contributed by atoms with Crippen LogP contribution in [0.4, 0.5) is 5.95 Å². The van der Waals surface area contributed by atoms with Crippen molar-refractivity contribution in [2.75, 3.05) is 5.73 Å². The Morgan fingerprint density at radius 3 is 2.43 bits per heavy atom. The van der Waals surface area contributed by atoms with Crippen LogP contribution in [0.25, 0.3) is 11.3 Å². The molecule has 0 aliphatic heterocycles. The Hall–Kier alpha value is -1.48. The van der Waals surface area contributed by atoms with Gasteiger partial charge in [0.15, 0.2) is 5.15 Å². The molecule has 0 aliphatic rings. The highest BCUT2D eigenvalue weighted by Gasteiger charge is 2.11. The maximum absolute atomic E-state index is 5.97. The minimum atomic E-state index is 0.425. The summed E-state index contributed by atoms with van der Waals surface area (Å²) in [5, 5.41) is 0.441. The van der Waals surface area contributed by atoms with Crippen LogP contribution in [0.3, 0.4) is 0 Å². The molecule has 0 unspecified atom stereocenters. The van der Waals surface area contributed by atoms with E-state index in [1.54, 1.807) is 4.57 Å². The van der Waals surface area contributed by atoms with Crippen molar-refractivity contribution in [1.29, 1.82) is 0 Å². The SMILES string of the molecule is Cn1c(N)nc(Cl)c1-c1ccccc1. The zero-order valence-corrected chi connectivity index (χ0v) is 8.49. The minimum Gasteiger partial charge on any atom is -0.369 e. The molecule has 0 saturated carbocycles. The first-order valence-corrected chi connectivity index (χ1v) is 4.61. The Labute approximate surface area is 87.1 Å². The molecule has 72 valence electrons. The highest BCUT2D eigenvalue weighted by atomic mass is 35.5. The Kier molecular flexibility index (Phi) is 2.17. The summed E-state index contributed by atoms with van der Waals surface area (Å²) >= 11 is 5.97. The monoisotopic (exact) mass is 207 g/mol. The molecule has 0 aliphatic carbocycles. The van der Waals surface area contributed by atoms with Gasteiger partial charge in [0.2, 0.25) is 5.95 Å². The second-order valence-electron chi connectivity index (χ2n) is 3.03. The largest absolute Gasteiger partial charge is 0.369 e. The number of nitrogen functional groups attached to an aromatic ring is 1. The molecule has 4 heteroatoms. The molecule has 2 rings (SSSR count). The molecule has 0 fully saturated rings. The molecule has 1 heterocycles. The molecule has 0 bridgehead atoms. The van der Waals surface area contributed by atoms with Crippen LogP contribution >= 0.6 is 11.6 Å². The summed E-state index contributed by atoms with van der Waals surface area (Å²) in [5.41, 5.74) is 7.52. The fourth-order valence-corrected chi connectivity index (χ4v) is 1.71. The maximum Gasteiger partial charge on any atom is 0.201 e. The molecular weight excluding hydrogens is 198 g/mol. The highest BCUT2D eigenvalue weighted by Crippen LogP contribution is 2.28. The molecule has 0 amide bonds. The van der Waals surface area contributed by atoms with E-state index < -0.39 is 0 Å². The number of halogens is 1. The molecule has 0 spiro atoms. The van der Waals surface area contributed by atoms with E-state index >= 15 is 0 Å². The van der Waals surface area contributed by atoms with E-state index in [1.807, 2.05) is 37.4 Å². The lowest BCUT2D eigenvalue weighted by Crippen LogP contribution is -1.98. The van der Waals surface area contributed by atoms with Crippen molar-refractivity contribution in [2.24, 2.45) is 7.05 Å². The smallest absolute Gasteiger partial charge is 0.201 e. The topological polar surface area (TPSA) is 43.8 Å². The molecule has 2 N–H and O–H groups in total. The van der Waals surface area contributed by atoms with Gasteiger partial charge in [-0.3, -0.25) is 0 Å². The van der Waals surface area contributed by atoms with Gasteiger partial charge in [0, 0.05) is 12.6 Å². The van der Waals surface area contributed by atoms with E-state index in [1.165, 1.54) is 0 Å².